The highest BCUT2D eigenvalue weighted by molar-refractivity contribution is 5.58. The molecule has 2 N–H and O–H groups in total. The Hall–Kier alpha value is -1.68. The van der Waals surface area contributed by atoms with Crippen LogP contribution in [0.4, 0.5) is 0 Å². The predicted molar refractivity (Wildman–Crippen MR) is 64.5 cm³/mol. The summed E-state index contributed by atoms with van der Waals surface area (Å²) in [5, 5.41) is 4.04. The highest BCUT2D eigenvalue weighted by Gasteiger charge is 2.29. The van der Waals surface area contributed by atoms with Crippen molar-refractivity contribution in [1.29, 1.82) is 0 Å². The fourth-order valence-electron chi connectivity index (χ4n) is 1.95. The molecule has 0 radical (unpaired) electrons. The van der Waals surface area contributed by atoms with E-state index in [4.69, 9.17) is 10.3 Å². The van der Waals surface area contributed by atoms with E-state index in [0.29, 0.717) is 18.4 Å². The van der Waals surface area contributed by atoms with Crippen molar-refractivity contribution in [3.8, 4) is 11.5 Å². The van der Waals surface area contributed by atoms with Gasteiger partial charge in [-0.25, -0.2) is 0 Å². The SMILES string of the molecule is NCCc1ccccc1-c1nc(C2CC2)no1. The molecule has 17 heavy (non-hydrogen) atoms. The third-order valence-electron chi connectivity index (χ3n) is 3.05. The molecule has 1 aromatic heterocycles. The fraction of sp³-hybridized carbons (Fsp3) is 0.385. The summed E-state index contributed by atoms with van der Waals surface area (Å²) >= 11 is 0. The molecule has 3 rings (SSSR count). The van der Waals surface area contributed by atoms with Crippen molar-refractivity contribution in [3.63, 3.8) is 0 Å². The van der Waals surface area contributed by atoms with Gasteiger partial charge in [0, 0.05) is 11.5 Å². The van der Waals surface area contributed by atoms with Crippen LogP contribution in [0.25, 0.3) is 11.5 Å². The third-order valence-corrected chi connectivity index (χ3v) is 3.05. The Labute approximate surface area is 99.8 Å². The molecule has 4 heteroatoms. The van der Waals surface area contributed by atoms with Gasteiger partial charge in [-0.15, -0.1) is 0 Å². The standard InChI is InChI=1S/C13H15N3O/c14-8-7-9-3-1-2-4-11(9)13-15-12(16-17-13)10-5-6-10/h1-4,10H,5-8,14H2. The number of hydrogen-bond donors (Lipinski definition) is 1. The second kappa shape index (κ2) is 4.30. The molecule has 88 valence electrons. The third kappa shape index (κ3) is 2.08. The summed E-state index contributed by atoms with van der Waals surface area (Å²) in [4.78, 5) is 4.47. The van der Waals surface area contributed by atoms with Gasteiger partial charge in [-0.05, 0) is 37.4 Å². The van der Waals surface area contributed by atoms with E-state index < -0.39 is 0 Å². The van der Waals surface area contributed by atoms with Crippen molar-refractivity contribution >= 4 is 0 Å². The van der Waals surface area contributed by atoms with Crippen LogP contribution in [0.5, 0.6) is 0 Å². The molecule has 1 saturated carbocycles. The van der Waals surface area contributed by atoms with E-state index in [-0.39, 0.29) is 0 Å². The quantitative estimate of drug-likeness (QED) is 0.872. The smallest absolute Gasteiger partial charge is 0.258 e. The largest absolute Gasteiger partial charge is 0.334 e. The molecule has 0 amide bonds. The van der Waals surface area contributed by atoms with Crippen LogP contribution in [0.3, 0.4) is 0 Å². The Morgan fingerprint density at radius 2 is 2.12 bits per heavy atom. The second-order valence-corrected chi connectivity index (χ2v) is 4.43. The van der Waals surface area contributed by atoms with Crippen LogP contribution in [0.15, 0.2) is 28.8 Å². The normalized spacial score (nSPS) is 15.1. The lowest BCUT2D eigenvalue weighted by atomic mass is 10.0. The summed E-state index contributed by atoms with van der Waals surface area (Å²) in [6, 6.07) is 8.06. The Morgan fingerprint density at radius 1 is 1.29 bits per heavy atom. The van der Waals surface area contributed by atoms with Gasteiger partial charge in [-0.2, -0.15) is 4.98 Å². The van der Waals surface area contributed by atoms with Gasteiger partial charge in [0.1, 0.15) is 0 Å². The highest BCUT2D eigenvalue weighted by Crippen LogP contribution is 2.39. The second-order valence-electron chi connectivity index (χ2n) is 4.43. The monoisotopic (exact) mass is 229 g/mol. The van der Waals surface area contributed by atoms with E-state index in [1.165, 1.54) is 18.4 Å². The van der Waals surface area contributed by atoms with Gasteiger partial charge in [0.05, 0.1) is 0 Å². The molecule has 1 aliphatic carbocycles. The van der Waals surface area contributed by atoms with Crippen LogP contribution in [0.2, 0.25) is 0 Å². The summed E-state index contributed by atoms with van der Waals surface area (Å²) in [7, 11) is 0. The maximum atomic E-state index is 5.60. The number of rotatable bonds is 4. The topological polar surface area (TPSA) is 64.9 Å². The molecule has 0 aliphatic heterocycles. The summed E-state index contributed by atoms with van der Waals surface area (Å²) in [6.45, 7) is 0.626. The molecule has 1 heterocycles. The summed E-state index contributed by atoms with van der Waals surface area (Å²) in [5.74, 6) is 1.99. The van der Waals surface area contributed by atoms with E-state index in [2.05, 4.69) is 16.2 Å². The molecular formula is C13H15N3O. The number of nitrogens with zero attached hydrogens (tertiary/aromatic N) is 2. The average molecular weight is 229 g/mol. The molecule has 1 fully saturated rings. The molecular weight excluding hydrogens is 214 g/mol. The lowest BCUT2D eigenvalue weighted by molar-refractivity contribution is 0.422. The van der Waals surface area contributed by atoms with Crippen LogP contribution in [0, 0.1) is 0 Å². The fourth-order valence-corrected chi connectivity index (χ4v) is 1.95. The van der Waals surface area contributed by atoms with Gasteiger partial charge in [-0.3, -0.25) is 0 Å². The Morgan fingerprint density at radius 3 is 2.88 bits per heavy atom. The first-order valence-corrected chi connectivity index (χ1v) is 6.00. The van der Waals surface area contributed by atoms with Crippen LogP contribution < -0.4 is 5.73 Å². The van der Waals surface area contributed by atoms with Gasteiger partial charge >= 0.3 is 0 Å². The lowest BCUT2D eigenvalue weighted by Crippen LogP contribution is -2.03. The molecule has 1 aromatic carbocycles. The number of benzene rings is 1. The van der Waals surface area contributed by atoms with Crippen molar-refractivity contribution in [3.05, 3.63) is 35.7 Å². The van der Waals surface area contributed by atoms with E-state index in [1.54, 1.807) is 0 Å². The van der Waals surface area contributed by atoms with Crippen LogP contribution in [-0.4, -0.2) is 16.7 Å². The summed E-state index contributed by atoms with van der Waals surface area (Å²) < 4.78 is 5.34. The van der Waals surface area contributed by atoms with Crippen LogP contribution >= 0.6 is 0 Å². The van der Waals surface area contributed by atoms with Crippen molar-refractivity contribution in [2.24, 2.45) is 5.73 Å². The van der Waals surface area contributed by atoms with E-state index in [9.17, 15) is 0 Å². The number of hydrogen-bond acceptors (Lipinski definition) is 4. The summed E-state index contributed by atoms with van der Waals surface area (Å²) in [5.41, 5.74) is 7.78. The summed E-state index contributed by atoms with van der Waals surface area (Å²) in [6.07, 6.45) is 3.20. The van der Waals surface area contributed by atoms with Crippen LogP contribution in [0.1, 0.15) is 30.1 Å². The van der Waals surface area contributed by atoms with E-state index >= 15 is 0 Å². The zero-order valence-corrected chi connectivity index (χ0v) is 9.60. The maximum Gasteiger partial charge on any atom is 0.258 e. The molecule has 0 bridgehead atoms. The highest BCUT2D eigenvalue weighted by atomic mass is 16.5. The van der Waals surface area contributed by atoms with Gasteiger partial charge in [0.2, 0.25) is 0 Å². The first-order valence-electron chi connectivity index (χ1n) is 6.00. The number of nitrogens with two attached hydrogens (primary N) is 1. The first kappa shape index (κ1) is 10.5. The lowest BCUT2D eigenvalue weighted by Gasteiger charge is -2.03. The van der Waals surface area contributed by atoms with Gasteiger partial charge in [-0.1, -0.05) is 23.4 Å². The van der Waals surface area contributed by atoms with Crippen LogP contribution in [-0.2, 0) is 6.42 Å². The molecule has 0 saturated heterocycles. The molecule has 4 nitrogen and oxygen atoms in total. The average Bonchev–Trinajstić information content (AvgIpc) is 3.09. The number of aromatic nitrogens is 2. The van der Waals surface area contributed by atoms with E-state index in [0.717, 1.165) is 17.8 Å². The molecule has 0 spiro atoms. The van der Waals surface area contributed by atoms with Gasteiger partial charge in [0.25, 0.3) is 5.89 Å². The molecule has 0 unspecified atom stereocenters. The van der Waals surface area contributed by atoms with Crippen molar-refractivity contribution < 1.29 is 4.52 Å². The minimum Gasteiger partial charge on any atom is -0.334 e. The minimum atomic E-state index is 0.522. The van der Waals surface area contributed by atoms with Gasteiger partial charge in [0.15, 0.2) is 5.82 Å². The maximum absolute atomic E-state index is 5.60. The van der Waals surface area contributed by atoms with Crippen molar-refractivity contribution in [1.82, 2.24) is 10.1 Å². The molecule has 1 aliphatic rings. The first-order chi connectivity index (χ1) is 8.38. The Bertz CT molecular complexity index is 517. The zero-order valence-electron chi connectivity index (χ0n) is 9.60. The molecule has 0 atom stereocenters. The van der Waals surface area contributed by atoms with E-state index in [1.807, 2.05) is 18.2 Å². The Kier molecular flexibility index (Phi) is 2.65. The zero-order chi connectivity index (χ0) is 11.7. The predicted octanol–water partition coefficient (Wildman–Crippen LogP) is 2.12. The minimum absolute atomic E-state index is 0.522. The van der Waals surface area contributed by atoms with Gasteiger partial charge < -0.3 is 10.3 Å². The molecule has 2 aromatic rings. The van der Waals surface area contributed by atoms with Crippen molar-refractivity contribution in [2.45, 2.75) is 25.2 Å². The van der Waals surface area contributed by atoms with Crippen molar-refractivity contribution in [2.75, 3.05) is 6.54 Å². The Balaban J connectivity index is 1.95.